The number of carboxylic acid groups (broad SMARTS) is 1. The number of aryl methyl sites for hydroxylation is 1. The highest BCUT2D eigenvalue weighted by Crippen LogP contribution is 2.48. The fourth-order valence-electron chi connectivity index (χ4n) is 13.9. The summed E-state index contributed by atoms with van der Waals surface area (Å²) in [6, 6.07) is 6.86. The molecule has 8 N–H and O–H groups in total. The minimum absolute atomic E-state index is 0.106. The Bertz CT molecular complexity index is 4530. The summed E-state index contributed by atoms with van der Waals surface area (Å²) in [4.78, 5) is 155. The normalized spacial score (nSPS) is 16.8. The van der Waals surface area contributed by atoms with Crippen molar-refractivity contribution in [2.45, 2.75) is 173 Å². The first kappa shape index (κ1) is 92.0. The SMILES string of the molecule is COC(=O)C[C@H](C(=O)NN(Cc1c(F)cc(-c2ccn(C(F)F)n2)cc1F)C[C@H](OC(=O)OCOC(=O)CC(C)(C)c1c(CC(=O)N[C@@H](CCC(N)=O)C(=O)O)cc(C)cc1OP(=O)(O)O)[C@@H](CC(=O)[C@@H](NC(=O)OC)C(C)(C)C(F)(F)F)Cc1ccc(C#Cc2cnc(N3CC4CCC(C3)N4C3COC3)nc2)cc1)C(C)(C)C(F)(F)F. The number of ether oxygens (including phenoxy) is 6. The van der Waals surface area contributed by atoms with Crippen LogP contribution in [-0.2, 0) is 91.3 Å². The van der Waals surface area contributed by atoms with Crippen LogP contribution in [0.5, 0.6) is 5.75 Å². The molecular formula is C75H88F10N11O20P. The van der Waals surface area contributed by atoms with Crippen LogP contribution in [0.4, 0.5) is 59.4 Å². The quantitative estimate of drug-likeness (QED) is 0.00374. The number of halogens is 10. The summed E-state index contributed by atoms with van der Waals surface area (Å²) >= 11 is 0. The Hall–Kier alpha value is -10.5. The van der Waals surface area contributed by atoms with Crippen molar-refractivity contribution in [3.05, 3.63) is 124 Å². The highest BCUT2D eigenvalue weighted by atomic mass is 31.2. The number of ketones is 1. The number of alkyl carbamates (subject to hydrolysis) is 1. The highest BCUT2D eigenvalue weighted by molar-refractivity contribution is 7.46. The Balaban J connectivity index is 1.19. The molecule has 638 valence electrons. The Labute approximate surface area is 663 Å². The summed E-state index contributed by atoms with van der Waals surface area (Å²) in [5, 5.41) is 17.9. The van der Waals surface area contributed by atoms with Gasteiger partial charge in [0.15, 0.2) is 5.78 Å². The fraction of sp³-hybridized carbons (Fsp3) is 0.520. The summed E-state index contributed by atoms with van der Waals surface area (Å²) < 4.78 is 201. The van der Waals surface area contributed by atoms with Gasteiger partial charge in [0.1, 0.15) is 35.6 Å². The van der Waals surface area contributed by atoms with Crippen molar-refractivity contribution in [3.63, 3.8) is 0 Å². The van der Waals surface area contributed by atoms with Crippen molar-refractivity contribution < 1.29 is 139 Å². The van der Waals surface area contributed by atoms with Gasteiger partial charge in [0.05, 0.1) is 87.3 Å². The smallest absolute Gasteiger partial charge is 0.480 e. The van der Waals surface area contributed by atoms with E-state index in [1.54, 1.807) is 0 Å². The van der Waals surface area contributed by atoms with E-state index in [0.717, 1.165) is 45.4 Å². The van der Waals surface area contributed by atoms with Gasteiger partial charge in [-0.25, -0.2) is 47.4 Å². The maximum atomic E-state index is 16.8. The van der Waals surface area contributed by atoms with Crippen molar-refractivity contribution in [2.24, 2.45) is 28.4 Å². The van der Waals surface area contributed by atoms with E-state index in [0.29, 0.717) is 106 Å². The molecule has 0 radical (unpaired) electrons. The molecule has 3 aliphatic heterocycles. The molecule has 3 aliphatic rings. The van der Waals surface area contributed by atoms with Crippen molar-refractivity contribution in [2.75, 3.05) is 58.8 Å². The number of nitrogens with one attached hydrogen (secondary N) is 3. The van der Waals surface area contributed by atoms with E-state index in [4.69, 9.17) is 29.2 Å². The number of alkyl halides is 8. The number of phosphoric ester groups is 1. The Morgan fingerprint density at radius 1 is 0.786 bits per heavy atom. The van der Waals surface area contributed by atoms with Gasteiger partial charge in [0.25, 0.3) is 0 Å². The van der Waals surface area contributed by atoms with Crippen LogP contribution in [0, 0.1) is 53.1 Å². The third kappa shape index (κ3) is 24.3. The van der Waals surface area contributed by atoms with Crippen LogP contribution in [0.25, 0.3) is 11.3 Å². The van der Waals surface area contributed by atoms with Gasteiger partial charge in [0.2, 0.25) is 30.5 Å². The third-order valence-electron chi connectivity index (χ3n) is 20.4. The highest BCUT2D eigenvalue weighted by Gasteiger charge is 2.57. The molecule has 4 amide bonds. The number of nitrogens with two attached hydrogens (primary N) is 1. The molecule has 117 heavy (non-hydrogen) atoms. The van der Waals surface area contributed by atoms with E-state index in [2.05, 4.69) is 56.9 Å². The van der Waals surface area contributed by atoms with Crippen LogP contribution in [0.2, 0.25) is 0 Å². The zero-order chi connectivity index (χ0) is 86.6. The number of carboxylic acids is 1. The zero-order valence-corrected chi connectivity index (χ0v) is 65.5. The first-order chi connectivity index (χ1) is 54.6. The maximum Gasteiger partial charge on any atom is 0.524 e. The summed E-state index contributed by atoms with van der Waals surface area (Å²) in [7, 11) is -3.97. The van der Waals surface area contributed by atoms with Crippen molar-refractivity contribution in [3.8, 4) is 28.8 Å². The van der Waals surface area contributed by atoms with Crippen molar-refractivity contribution in [1.82, 2.24) is 45.7 Å². The molecule has 0 aliphatic carbocycles. The van der Waals surface area contributed by atoms with Crippen LogP contribution in [-0.4, -0.2) is 201 Å². The van der Waals surface area contributed by atoms with E-state index >= 15 is 39.9 Å². The van der Waals surface area contributed by atoms with E-state index in [9.17, 15) is 66.6 Å². The molecule has 2 bridgehead atoms. The van der Waals surface area contributed by atoms with E-state index in [1.165, 1.54) is 63.5 Å². The number of aromatic nitrogens is 4. The molecule has 42 heteroatoms. The van der Waals surface area contributed by atoms with Crippen LogP contribution < -0.4 is 31.2 Å². The van der Waals surface area contributed by atoms with Gasteiger partial charge in [-0.05, 0) is 99.5 Å². The standard InChI is InChI=1S/C75H88F10N11O20P/c1-40-22-46(28-60(99)89-55(66(103)104)18-19-59(86)98)63(57(23-40)116-117(107,108)109)71(2,3)30-62(101)113-39-114-70(106)115-58(36-94(92-65(102)51(29-61(100)110-8)72(4,5)74(80,81)82)35-50-52(76)25-44(26-53(50)77)54-20-21-95(91-54)67(78)79)45(27-56(97)64(90-69(105)111-9)73(6,7)75(83,84)85)24-42-13-10-41(11-14-42)12-15-43-31-87-68(88-32-43)93-33-47-16-17-48(34-93)96(47)49-37-112-38-49/h10-11,13-14,20-23,25-26,31-32,45,47-49,51,55,58,64,67H,16-19,24,27-30,33-39H2,1-9H3,(H2,86,98)(H,89,99)(H,90,105)(H,92,102)(H,103,104)(H2,107,108,109)/t45-,47?,48?,51-,55+,58+,64-/m1/s1. The second-order valence-corrected chi connectivity index (χ2v) is 31.3. The Kier molecular flexibility index (Phi) is 30.1. The number of aliphatic carboxylic acids is 1. The second-order valence-electron chi connectivity index (χ2n) is 30.1. The van der Waals surface area contributed by atoms with E-state index in [1.807, 2.05) is 5.32 Å². The Morgan fingerprint density at radius 3 is 1.94 bits per heavy atom. The average molecular weight is 1680 g/mol. The van der Waals surface area contributed by atoms with E-state index < -0.39 is 226 Å². The molecule has 8 rings (SSSR count). The van der Waals surface area contributed by atoms with Gasteiger partial charge in [-0.1, -0.05) is 57.7 Å². The number of fused-ring (bicyclic) bond motifs is 2. The molecule has 3 saturated heterocycles. The predicted octanol–water partition coefficient (Wildman–Crippen LogP) is 8.74. The molecule has 3 fully saturated rings. The second kappa shape index (κ2) is 38.3. The number of carbonyl (C=O) groups excluding carboxylic acids is 8. The number of methoxy groups -OCH3 is 2. The van der Waals surface area contributed by atoms with E-state index in [-0.39, 0.29) is 26.9 Å². The van der Waals surface area contributed by atoms with Crippen LogP contribution in [0.15, 0.2) is 73.2 Å². The van der Waals surface area contributed by atoms with Gasteiger partial charge < -0.3 is 59.3 Å². The molecule has 7 atom stereocenters. The van der Waals surface area contributed by atoms with Crippen LogP contribution in [0.1, 0.15) is 132 Å². The summed E-state index contributed by atoms with van der Waals surface area (Å²) in [6.07, 6.45) is -16.6. The molecule has 3 aromatic carbocycles. The minimum atomic E-state index is -5.49. The minimum Gasteiger partial charge on any atom is -0.480 e. The average Bonchev–Trinajstić information content (AvgIpc) is 0.882. The largest absolute Gasteiger partial charge is 0.524 e. The number of hydrogen-bond acceptors (Lipinski definition) is 23. The Morgan fingerprint density at radius 2 is 1.40 bits per heavy atom. The number of primary amides is 1. The number of carbonyl (C=O) groups is 9. The van der Waals surface area contributed by atoms with Gasteiger partial charge >= 0.3 is 56.9 Å². The lowest BCUT2D eigenvalue weighted by Gasteiger charge is -2.47. The summed E-state index contributed by atoms with van der Waals surface area (Å²) in [5.41, 5.74) is -2.30. The number of Topliss-reactive ketones (excluding diaryl/α,β-unsaturated/α-hetero) is 1. The molecule has 5 aromatic rings. The molecule has 2 aromatic heterocycles. The molecule has 31 nitrogen and oxygen atoms in total. The molecule has 0 spiro atoms. The van der Waals surface area contributed by atoms with Gasteiger partial charge in [-0.15, -0.1) is 0 Å². The zero-order valence-electron chi connectivity index (χ0n) is 64.7. The number of benzene rings is 3. The lowest BCUT2D eigenvalue weighted by molar-refractivity contribution is -0.231. The number of rotatable bonds is 36. The molecular weight excluding hydrogens is 1600 g/mol. The predicted molar refractivity (Wildman–Crippen MR) is 389 cm³/mol. The number of anilines is 1. The monoisotopic (exact) mass is 1680 g/mol. The third-order valence-corrected chi connectivity index (χ3v) is 20.8. The number of esters is 2. The number of nitrogens with zero attached hydrogens (tertiary/aromatic N) is 7. The van der Waals surface area contributed by atoms with Crippen molar-refractivity contribution >= 4 is 67.4 Å². The molecule has 5 heterocycles. The lowest BCUT2D eigenvalue weighted by Crippen LogP contribution is -2.62. The summed E-state index contributed by atoms with van der Waals surface area (Å²) in [6.45, 7) is 1.38. The number of hydrazine groups is 1. The number of hydrogen-bond donors (Lipinski definition) is 7. The topological polar surface area (TPSA) is 411 Å². The number of piperazine rings is 1. The first-order valence-corrected chi connectivity index (χ1v) is 37.8. The maximum absolute atomic E-state index is 16.8. The molecule has 0 saturated carbocycles. The van der Waals surface area contributed by atoms with Gasteiger partial charge in [0, 0.05) is 96.7 Å². The van der Waals surface area contributed by atoms with Crippen LogP contribution >= 0.6 is 7.82 Å². The number of amides is 4. The van der Waals surface area contributed by atoms with Gasteiger partial charge in [-0.3, -0.25) is 48.9 Å². The van der Waals surface area contributed by atoms with Crippen molar-refractivity contribution in [1.29, 1.82) is 0 Å². The van der Waals surface area contributed by atoms with Crippen LogP contribution in [0.3, 0.4) is 0 Å². The first-order valence-electron chi connectivity index (χ1n) is 36.2. The molecule has 2 unspecified atom stereocenters. The summed E-state index contributed by atoms with van der Waals surface area (Å²) in [5.74, 6) is -11.3. The van der Waals surface area contributed by atoms with Gasteiger partial charge in [-0.2, -0.15) is 40.2 Å². The number of phosphoric acid groups is 1. The fourth-order valence-corrected chi connectivity index (χ4v) is 14.3. The lowest BCUT2D eigenvalue weighted by atomic mass is 9.75.